The van der Waals surface area contributed by atoms with E-state index in [9.17, 15) is 4.79 Å². The number of hydrogen-bond donors (Lipinski definition) is 0. The molecule has 0 bridgehead atoms. The van der Waals surface area contributed by atoms with E-state index in [2.05, 4.69) is 18.2 Å². The van der Waals surface area contributed by atoms with Crippen molar-refractivity contribution in [1.82, 2.24) is 0 Å². The van der Waals surface area contributed by atoms with Crippen molar-refractivity contribution in [1.29, 1.82) is 0 Å². The van der Waals surface area contributed by atoms with Crippen LogP contribution in [0.1, 0.15) is 77.6 Å². The third-order valence-corrected chi connectivity index (χ3v) is 3.31. The summed E-state index contributed by atoms with van der Waals surface area (Å²) in [6.07, 6.45) is 13.9. The number of methoxy groups -OCH3 is 1. The molecule has 2 heteroatoms. The molecule has 0 heterocycles. The fourth-order valence-corrected chi connectivity index (χ4v) is 2.07. The summed E-state index contributed by atoms with van der Waals surface area (Å²) in [6.45, 7) is 5.98. The van der Waals surface area contributed by atoms with Crippen molar-refractivity contribution in [3.63, 3.8) is 0 Å². The van der Waals surface area contributed by atoms with Crippen LogP contribution in [0.4, 0.5) is 0 Å². The van der Waals surface area contributed by atoms with Gasteiger partial charge in [-0.15, -0.1) is 0 Å². The van der Waals surface area contributed by atoms with Crippen molar-refractivity contribution < 1.29 is 9.53 Å². The summed E-state index contributed by atoms with van der Waals surface area (Å²) in [6, 6.07) is 0. The first-order chi connectivity index (χ1) is 8.72. The highest BCUT2D eigenvalue weighted by Crippen LogP contribution is 2.13. The molecule has 0 aliphatic heterocycles. The van der Waals surface area contributed by atoms with Gasteiger partial charge in [0.15, 0.2) is 0 Å². The number of carbonyl (C=O) groups excluding carboxylic acids is 1. The molecule has 0 aliphatic rings. The molecule has 0 fully saturated rings. The highest BCUT2D eigenvalue weighted by molar-refractivity contribution is 5.87. The van der Waals surface area contributed by atoms with Crippen LogP contribution in [0.5, 0.6) is 0 Å². The smallest absolute Gasteiger partial charge is 0.333 e. The minimum Gasteiger partial charge on any atom is -0.466 e. The van der Waals surface area contributed by atoms with Crippen LogP contribution >= 0.6 is 0 Å². The van der Waals surface area contributed by atoms with Crippen LogP contribution < -0.4 is 0 Å². The number of rotatable bonds is 12. The Morgan fingerprint density at radius 1 is 0.889 bits per heavy atom. The highest BCUT2D eigenvalue weighted by atomic mass is 16.5. The van der Waals surface area contributed by atoms with Crippen molar-refractivity contribution in [3.8, 4) is 0 Å². The molecule has 0 spiro atoms. The van der Waals surface area contributed by atoms with Gasteiger partial charge < -0.3 is 4.74 Å². The van der Waals surface area contributed by atoms with Gasteiger partial charge in [0.25, 0.3) is 0 Å². The predicted molar refractivity (Wildman–Crippen MR) is 77.6 cm³/mol. The molecule has 0 atom stereocenters. The summed E-state index contributed by atoms with van der Waals surface area (Å²) in [7, 11) is 1.41. The molecular formula is C16H30O2. The normalized spacial score (nSPS) is 10.3. The van der Waals surface area contributed by atoms with Gasteiger partial charge in [-0.3, -0.25) is 0 Å². The van der Waals surface area contributed by atoms with Gasteiger partial charge in [0.05, 0.1) is 7.11 Å². The van der Waals surface area contributed by atoms with Gasteiger partial charge >= 0.3 is 5.97 Å². The molecule has 0 radical (unpaired) electrons. The Morgan fingerprint density at radius 2 is 1.33 bits per heavy atom. The maximum absolute atomic E-state index is 11.1. The second kappa shape index (κ2) is 12.7. The van der Waals surface area contributed by atoms with E-state index < -0.39 is 0 Å². The molecule has 0 N–H and O–H groups in total. The summed E-state index contributed by atoms with van der Waals surface area (Å²) in [4.78, 5) is 11.1. The molecule has 18 heavy (non-hydrogen) atoms. The molecule has 0 aliphatic carbocycles. The Bertz CT molecular complexity index is 221. The number of hydrogen-bond acceptors (Lipinski definition) is 2. The molecular weight excluding hydrogens is 224 g/mol. The Labute approximate surface area is 113 Å². The second-order valence-electron chi connectivity index (χ2n) is 5.03. The first kappa shape index (κ1) is 17.2. The molecule has 0 aromatic carbocycles. The molecule has 0 aromatic heterocycles. The molecule has 0 aromatic rings. The van der Waals surface area contributed by atoms with E-state index in [1.54, 1.807) is 0 Å². The lowest BCUT2D eigenvalue weighted by Gasteiger charge is -2.04. The Hall–Kier alpha value is -0.790. The Kier molecular flexibility index (Phi) is 12.1. The number of esters is 1. The van der Waals surface area contributed by atoms with Crippen LogP contribution in [0, 0.1) is 0 Å². The lowest BCUT2D eigenvalue weighted by Crippen LogP contribution is -2.03. The first-order valence-electron chi connectivity index (χ1n) is 7.48. The van der Waals surface area contributed by atoms with E-state index in [1.807, 2.05) is 0 Å². The van der Waals surface area contributed by atoms with Gasteiger partial charge in [0, 0.05) is 5.57 Å². The van der Waals surface area contributed by atoms with Crippen LogP contribution in [-0.4, -0.2) is 13.1 Å². The molecule has 2 nitrogen and oxygen atoms in total. The van der Waals surface area contributed by atoms with Crippen molar-refractivity contribution in [3.05, 3.63) is 12.2 Å². The van der Waals surface area contributed by atoms with E-state index in [0.29, 0.717) is 5.57 Å². The van der Waals surface area contributed by atoms with Gasteiger partial charge in [0.2, 0.25) is 0 Å². The largest absolute Gasteiger partial charge is 0.466 e. The zero-order valence-electron chi connectivity index (χ0n) is 12.3. The topological polar surface area (TPSA) is 26.3 Å². The van der Waals surface area contributed by atoms with Crippen LogP contribution in [-0.2, 0) is 9.53 Å². The SMILES string of the molecule is C=C(CCCCCCCCCCCC)C(=O)OC. The second-order valence-corrected chi connectivity index (χ2v) is 5.03. The van der Waals surface area contributed by atoms with E-state index in [-0.39, 0.29) is 5.97 Å². The monoisotopic (exact) mass is 254 g/mol. The van der Waals surface area contributed by atoms with Crippen LogP contribution in [0.25, 0.3) is 0 Å². The van der Waals surface area contributed by atoms with Crippen LogP contribution in [0.2, 0.25) is 0 Å². The zero-order chi connectivity index (χ0) is 13.6. The predicted octanol–water partition coefficient (Wildman–Crippen LogP) is 5.03. The summed E-state index contributed by atoms with van der Waals surface area (Å²) in [5, 5.41) is 0. The minimum atomic E-state index is -0.258. The zero-order valence-corrected chi connectivity index (χ0v) is 12.3. The maximum atomic E-state index is 11.1. The molecule has 0 rings (SSSR count). The number of unbranched alkanes of at least 4 members (excludes halogenated alkanes) is 9. The highest BCUT2D eigenvalue weighted by Gasteiger charge is 2.05. The fraction of sp³-hybridized carbons (Fsp3) is 0.812. The summed E-state index contributed by atoms with van der Waals surface area (Å²) < 4.78 is 4.62. The average Bonchev–Trinajstić information content (AvgIpc) is 2.39. The molecule has 0 unspecified atom stereocenters. The van der Waals surface area contributed by atoms with E-state index in [4.69, 9.17) is 0 Å². The summed E-state index contributed by atoms with van der Waals surface area (Å²) in [5.74, 6) is -0.258. The van der Waals surface area contributed by atoms with E-state index in [0.717, 1.165) is 12.8 Å². The van der Waals surface area contributed by atoms with E-state index >= 15 is 0 Å². The van der Waals surface area contributed by atoms with Gasteiger partial charge in [-0.2, -0.15) is 0 Å². The third kappa shape index (κ3) is 10.4. The van der Waals surface area contributed by atoms with Gasteiger partial charge in [-0.1, -0.05) is 71.3 Å². The average molecular weight is 254 g/mol. The molecule has 0 amide bonds. The van der Waals surface area contributed by atoms with Crippen molar-refractivity contribution in [2.45, 2.75) is 77.6 Å². The van der Waals surface area contributed by atoms with E-state index in [1.165, 1.54) is 64.9 Å². The first-order valence-corrected chi connectivity index (χ1v) is 7.48. The Balaban J connectivity index is 3.16. The number of ether oxygens (including phenoxy) is 1. The lowest BCUT2D eigenvalue weighted by atomic mass is 10.0. The number of carbonyl (C=O) groups is 1. The van der Waals surface area contributed by atoms with Gasteiger partial charge in [-0.05, 0) is 12.8 Å². The fourth-order valence-electron chi connectivity index (χ4n) is 2.07. The molecule has 0 saturated heterocycles. The third-order valence-electron chi connectivity index (χ3n) is 3.31. The standard InChI is InChI=1S/C16H30O2/c1-4-5-6-7-8-9-10-11-12-13-14-15(2)16(17)18-3/h2,4-14H2,1,3H3. The summed E-state index contributed by atoms with van der Waals surface area (Å²) in [5.41, 5.74) is 0.608. The van der Waals surface area contributed by atoms with Crippen LogP contribution in [0.3, 0.4) is 0 Å². The summed E-state index contributed by atoms with van der Waals surface area (Å²) >= 11 is 0. The van der Waals surface area contributed by atoms with Crippen molar-refractivity contribution in [2.75, 3.05) is 7.11 Å². The van der Waals surface area contributed by atoms with Crippen molar-refractivity contribution >= 4 is 5.97 Å². The molecule has 0 saturated carbocycles. The maximum Gasteiger partial charge on any atom is 0.333 e. The van der Waals surface area contributed by atoms with Crippen molar-refractivity contribution in [2.24, 2.45) is 0 Å². The molecule has 106 valence electrons. The van der Waals surface area contributed by atoms with Gasteiger partial charge in [-0.25, -0.2) is 4.79 Å². The Morgan fingerprint density at radius 3 is 1.78 bits per heavy atom. The quantitative estimate of drug-likeness (QED) is 0.277. The van der Waals surface area contributed by atoms with Crippen LogP contribution in [0.15, 0.2) is 12.2 Å². The minimum absolute atomic E-state index is 0.258. The van der Waals surface area contributed by atoms with Gasteiger partial charge in [0.1, 0.15) is 0 Å². The lowest BCUT2D eigenvalue weighted by molar-refractivity contribution is -0.136.